The molecule has 24 heavy (non-hydrogen) atoms. The van der Waals surface area contributed by atoms with Crippen molar-refractivity contribution in [3.8, 4) is 0 Å². The summed E-state index contributed by atoms with van der Waals surface area (Å²) in [6.45, 7) is 1.68. The maximum Gasteiger partial charge on any atom is 0.123 e. The molecule has 1 heterocycles. The molecule has 0 aliphatic heterocycles. The maximum absolute atomic E-state index is 13.2. The molecule has 0 unspecified atom stereocenters. The Labute approximate surface area is 139 Å². The van der Waals surface area contributed by atoms with E-state index < -0.39 is 0 Å². The van der Waals surface area contributed by atoms with Crippen molar-refractivity contribution in [3.05, 3.63) is 90.0 Å². The molecule has 124 valence electrons. The molecule has 1 aromatic heterocycles. The molecule has 0 aliphatic carbocycles. The molecule has 0 amide bonds. The van der Waals surface area contributed by atoms with E-state index in [4.69, 9.17) is 4.74 Å². The van der Waals surface area contributed by atoms with Gasteiger partial charge in [-0.05, 0) is 35.4 Å². The minimum Gasteiger partial charge on any atom is -0.379 e. The standard InChI is InChI=1S/C19H18F2N2O/c20-17-5-1-15(2-6-17)19(16-3-7-18(21)8-4-16)13-24-12-11-23-10-9-22-14-23/h1-10,14,19H,11-13H2. The van der Waals surface area contributed by atoms with Crippen LogP contribution in [-0.2, 0) is 11.3 Å². The summed E-state index contributed by atoms with van der Waals surface area (Å²) < 4.78 is 34.1. The van der Waals surface area contributed by atoms with E-state index in [0.717, 1.165) is 11.1 Å². The number of benzene rings is 2. The van der Waals surface area contributed by atoms with E-state index in [1.165, 1.54) is 24.3 Å². The van der Waals surface area contributed by atoms with Gasteiger partial charge in [-0.3, -0.25) is 0 Å². The lowest BCUT2D eigenvalue weighted by Gasteiger charge is -2.18. The first-order valence-corrected chi connectivity index (χ1v) is 7.77. The van der Waals surface area contributed by atoms with Gasteiger partial charge < -0.3 is 9.30 Å². The zero-order chi connectivity index (χ0) is 16.8. The quantitative estimate of drug-likeness (QED) is 0.613. The van der Waals surface area contributed by atoms with Crippen molar-refractivity contribution >= 4 is 0 Å². The van der Waals surface area contributed by atoms with Gasteiger partial charge in [-0.2, -0.15) is 0 Å². The third-order valence-electron chi connectivity index (χ3n) is 3.88. The molecule has 2 aromatic carbocycles. The number of nitrogens with zero attached hydrogens (tertiary/aromatic N) is 2. The Morgan fingerprint density at radius 1 is 0.917 bits per heavy atom. The Morgan fingerprint density at radius 2 is 1.50 bits per heavy atom. The molecule has 0 radical (unpaired) electrons. The molecular formula is C19H18F2N2O. The molecule has 3 rings (SSSR count). The number of hydrogen-bond acceptors (Lipinski definition) is 2. The molecule has 0 fully saturated rings. The van der Waals surface area contributed by atoms with Crippen LogP contribution >= 0.6 is 0 Å². The van der Waals surface area contributed by atoms with Gasteiger partial charge >= 0.3 is 0 Å². The van der Waals surface area contributed by atoms with E-state index in [1.54, 1.807) is 36.8 Å². The SMILES string of the molecule is Fc1ccc(C(COCCn2ccnc2)c2ccc(F)cc2)cc1. The fourth-order valence-electron chi connectivity index (χ4n) is 2.57. The summed E-state index contributed by atoms with van der Waals surface area (Å²) in [5.74, 6) is -0.635. The Morgan fingerprint density at radius 3 is 2.00 bits per heavy atom. The number of halogens is 2. The second-order valence-corrected chi connectivity index (χ2v) is 5.53. The van der Waals surface area contributed by atoms with Crippen molar-refractivity contribution in [2.45, 2.75) is 12.5 Å². The van der Waals surface area contributed by atoms with E-state index in [9.17, 15) is 8.78 Å². The number of imidazole rings is 1. The van der Waals surface area contributed by atoms with Crippen molar-refractivity contribution in [1.29, 1.82) is 0 Å². The van der Waals surface area contributed by atoms with Crippen LogP contribution < -0.4 is 0 Å². The summed E-state index contributed by atoms with van der Waals surface area (Å²) in [5.41, 5.74) is 1.87. The minimum atomic E-state index is -0.280. The first kappa shape index (κ1) is 16.3. The second kappa shape index (κ2) is 7.84. The Bertz CT molecular complexity index is 695. The van der Waals surface area contributed by atoms with Gasteiger partial charge in [-0.1, -0.05) is 24.3 Å². The van der Waals surface area contributed by atoms with Crippen molar-refractivity contribution < 1.29 is 13.5 Å². The molecule has 5 heteroatoms. The van der Waals surface area contributed by atoms with Gasteiger partial charge in [0.1, 0.15) is 11.6 Å². The third kappa shape index (κ3) is 4.26. The second-order valence-electron chi connectivity index (χ2n) is 5.53. The van der Waals surface area contributed by atoms with Crippen LogP contribution in [0.15, 0.2) is 67.3 Å². The minimum absolute atomic E-state index is 0.0750. The van der Waals surface area contributed by atoms with Gasteiger partial charge in [-0.15, -0.1) is 0 Å². The Kier molecular flexibility index (Phi) is 5.33. The van der Waals surface area contributed by atoms with Crippen molar-refractivity contribution in [1.82, 2.24) is 9.55 Å². The van der Waals surface area contributed by atoms with Crippen molar-refractivity contribution in [2.75, 3.05) is 13.2 Å². The largest absolute Gasteiger partial charge is 0.379 e. The van der Waals surface area contributed by atoms with Crippen LogP contribution in [0, 0.1) is 11.6 Å². The lowest BCUT2D eigenvalue weighted by molar-refractivity contribution is 0.119. The molecule has 0 spiro atoms. The van der Waals surface area contributed by atoms with Crippen LogP contribution in [0.3, 0.4) is 0 Å². The summed E-state index contributed by atoms with van der Waals surface area (Å²) in [5, 5.41) is 0. The normalized spacial score (nSPS) is 11.1. The fourth-order valence-corrected chi connectivity index (χ4v) is 2.57. The van der Waals surface area contributed by atoms with E-state index in [0.29, 0.717) is 19.8 Å². The molecule has 3 aromatic rings. The van der Waals surface area contributed by atoms with E-state index in [-0.39, 0.29) is 17.6 Å². The molecule has 3 nitrogen and oxygen atoms in total. The monoisotopic (exact) mass is 328 g/mol. The molecular weight excluding hydrogens is 310 g/mol. The zero-order valence-corrected chi connectivity index (χ0v) is 13.1. The summed E-state index contributed by atoms with van der Waals surface area (Å²) in [6.07, 6.45) is 5.33. The van der Waals surface area contributed by atoms with Gasteiger partial charge in [0.25, 0.3) is 0 Å². The van der Waals surface area contributed by atoms with Crippen LogP contribution in [0.1, 0.15) is 17.0 Å². The summed E-state index contributed by atoms with van der Waals surface area (Å²) in [6, 6.07) is 12.7. The highest BCUT2D eigenvalue weighted by atomic mass is 19.1. The maximum atomic E-state index is 13.2. The number of aromatic nitrogens is 2. The van der Waals surface area contributed by atoms with E-state index in [1.807, 2.05) is 10.8 Å². The van der Waals surface area contributed by atoms with Crippen LogP contribution in [0.25, 0.3) is 0 Å². The van der Waals surface area contributed by atoms with Gasteiger partial charge in [0.05, 0.1) is 19.5 Å². The van der Waals surface area contributed by atoms with Gasteiger partial charge in [0.15, 0.2) is 0 Å². The third-order valence-corrected chi connectivity index (χ3v) is 3.88. The lowest BCUT2D eigenvalue weighted by atomic mass is 9.92. The molecule has 0 saturated carbocycles. The van der Waals surface area contributed by atoms with Crippen LogP contribution in [0.2, 0.25) is 0 Å². The fraction of sp³-hybridized carbons (Fsp3) is 0.211. The Balaban J connectivity index is 1.69. The summed E-state index contributed by atoms with van der Waals surface area (Å²) in [4.78, 5) is 3.98. The number of ether oxygens (including phenoxy) is 1. The van der Waals surface area contributed by atoms with E-state index in [2.05, 4.69) is 4.98 Å². The molecule has 0 bridgehead atoms. The highest BCUT2D eigenvalue weighted by Gasteiger charge is 2.15. The molecule has 0 aliphatic rings. The van der Waals surface area contributed by atoms with Crippen molar-refractivity contribution in [2.24, 2.45) is 0 Å². The number of hydrogen-bond donors (Lipinski definition) is 0. The van der Waals surface area contributed by atoms with Gasteiger partial charge in [0, 0.05) is 24.9 Å². The first-order chi connectivity index (χ1) is 11.7. The van der Waals surface area contributed by atoms with E-state index >= 15 is 0 Å². The van der Waals surface area contributed by atoms with Crippen LogP contribution in [0.4, 0.5) is 8.78 Å². The molecule has 0 atom stereocenters. The number of rotatable bonds is 7. The predicted molar refractivity (Wildman–Crippen MR) is 87.7 cm³/mol. The highest BCUT2D eigenvalue weighted by molar-refractivity contribution is 5.33. The summed E-state index contributed by atoms with van der Waals surface area (Å²) in [7, 11) is 0. The Hall–Kier alpha value is -2.53. The van der Waals surface area contributed by atoms with Crippen molar-refractivity contribution in [3.63, 3.8) is 0 Å². The summed E-state index contributed by atoms with van der Waals surface area (Å²) >= 11 is 0. The zero-order valence-electron chi connectivity index (χ0n) is 13.1. The lowest BCUT2D eigenvalue weighted by Crippen LogP contribution is -2.13. The average molecular weight is 328 g/mol. The van der Waals surface area contributed by atoms with Crippen LogP contribution in [-0.4, -0.2) is 22.8 Å². The highest BCUT2D eigenvalue weighted by Crippen LogP contribution is 2.25. The first-order valence-electron chi connectivity index (χ1n) is 7.77. The predicted octanol–water partition coefficient (Wildman–Crippen LogP) is 4.01. The van der Waals surface area contributed by atoms with Gasteiger partial charge in [-0.25, -0.2) is 13.8 Å². The van der Waals surface area contributed by atoms with Crippen LogP contribution in [0.5, 0.6) is 0 Å². The molecule has 0 N–H and O–H groups in total. The van der Waals surface area contributed by atoms with Gasteiger partial charge in [0.2, 0.25) is 0 Å². The molecule has 0 saturated heterocycles. The topological polar surface area (TPSA) is 27.1 Å². The average Bonchev–Trinajstić information content (AvgIpc) is 3.11. The smallest absolute Gasteiger partial charge is 0.123 e.